The van der Waals surface area contributed by atoms with Crippen LogP contribution in [-0.2, 0) is 18.3 Å². The van der Waals surface area contributed by atoms with E-state index in [9.17, 15) is 4.79 Å². The maximum absolute atomic E-state index is 12.0. The second-order valence-corrected chi connectivity index (χ2v) is 4.97. The summed E-state index contributed by atoms with van der Waals surface area (Å²) in [4.78, 5) is 12.0. The van der Waals surface area contributed by atoms with E-state index in [1.165, 1.54) is 0 Å². The van der Waals surface area contributed by atoms with E-state index in [0.717, 1.165) is 11.1 Å². The molecule has 0 saturated heterocycles. The first-order valence-electron chi connectivity index (χ1n) is 6.79. The first kappa shape index (κ1) is 14.0. The molecule has 0 saturated carbocycles. The van der Waals surface area contributed by atoms with Gasteiger partial charge in [-0.25, -0.2) is 0 Å². The molecule has 0 fully saturated rings. The van der Waals surface area contributed by atoms with Gasteiger partial charge in [-0.1, -0.05) is 34.9 Å². The van der Waals surface area contributed by atoms with Crippen LogP contribution in [0.15, 0.2) is 40.9 Å². The van der Waals surface area contributed by atoms with Crippen LogP contribution in [-0.4, -0.2) is 25.9 Å². The first-order valence-corrected chi connectivity index (χ1v) is 6.79. The van der Waals surface area contributed by atoms with Crippen LogP contribution in [0.25, 0.3) is 11.6 Å². The second kappa shape index (κ2) is 5.80. The van der Waals surface area contributed by atoms with Crippen molar-refractivity contribution in [3.8, 4) is 11.6 Å². The molecule has 0 atom stereocenters. The number of nitrogens with zero attached hydrogens (tertiary/aromatic N) is 4. The number of amides is 1. The van der Waals surface area contributed by atoms with Gasteiger partial charge in [0.1, 0.15) is 5.69 Å². The van der Waals surface area contributed by atoms with Gasteiger partial charge in [0.25, 0.3) is 5.89 Å². The van der Waals surface area contributed by atoms with Gasteiger partial charge in [0.15, 0.2) is 0 Å². The van der Waals surface area contributed by atoms with E-state index in [-0.39, 0.29) is 18.3 Å². The minimum atomic E-state index is -0.203. The Balaban J connectivity index is 1.67. The molecule has 3 rings (SSSR count). The van der Waals surface area contributed by atoms with Gasteiger partial charge in [0, 0.05) is 13.2 Å². The number of benzene rings is 1. The molecule has 7 nitrogen and oxygen atoms in total. The summed E-state index contributed by atoms with van der Waals surface area (Å²) in [7, 11) is 1.77. The number of carbonyl (C=O) groups excluding carboxylic acids is 1. The van der Waals surface area contributed by atoms with Crippen LogP contribution in [0.4, 0.5) is 6.01 Å². The van der Waals surface area contributed by atoms with Crippen LogP contribution in [0, 0.1) is 6.92 Å². The Labute approximate surface area is 127 Å². The Kier molecular flexibility index (Phi) is 3.69. The SMILES string of the molecule is Cc1cccc(CC(=O)Nc2nnc(-c3ccnn3C)o2)c1. The van der Waals surface area contributed by atoms with Crippen LogP contribution in [0.5, 0.6) is 0 Å². The van der Waals surface area contributed by atoms with Crippen LogP contribution < -0.4 is 5.32 Å². The van der Waals surface area contributed by atoms with Crippen molar-refractivity contribution in [1.29, 1.82) is 0 Å². The van der Waals surface area contributed by atoms with Crippen molar-refractivity contribution in [1.82, 2.24) is 20.0 Å². The van der Waals surface area contributed by atoms with E-state index >= 15 is 0 Å². The van der Waals surface area contributed by atoms with Gasteiger partial charge >= 0.3 is 6.01 Å². The molecule has 3 aromatic rings. The third kappa shape index (κ3) is 3.03. The maximum Gasteiger partial charge on any atom is 0.322 e. The average Bonchev–Trinajstić information content (AvgIpc) is 3.07. The Morgan fingerprint density at radius 1 is 1.32 bits per heavy atom. The number of hydrogen-bond donors (Lipinski definition) is 1. The fourth-order valence-corrected chi connectivity index (χ4v) is 2.13. The Hall–Kier alpha value is -2.96. The Morgan fingerprint density at radius 3 is 2.91 bits per heavy atom. The maximum atomic E-state index is 12.0. The standard InChI is InChI=1S/C15H15N5O2/c1-10-4-3-5-11(8-10)9-13(21)17-15-19-18-14(22-15)12-6-7-16-20(12)2/h3-8H,9H2,1-2H3,(H,17,19,21). The third-order valence-electron chi connectivity index (χ3n) is 3.16. The predicted octanol–water partition coefficient (Wildman–Crippen LogP) is 1.96. The molecule has 0 spiro atoms. The summed E-state index contributed by atoms with van der Waals surface area (Å²) in [6, 6.07) is 9.61. The molecular weight excluding hydrogens is 282 g/mol. The summed E-state index contributed by atoms with van der Waals surface area (Å²) in [5.41, 5.74) is 2.73. The molecule has 1 aromatic carbocycles. The summed E-state index contributed by atoms with van der Waals surface area (Å²) in [6.07, 6.45) is 1.89. The summed E-state index contributed by atoms with van der Waals surface area (Å²) in [6.45, 7) is 1.99. The van der Waals surface area contributed by atoms with Gasteiger partial charge in [-0.2, -0.15) is 5.10 Å². The molecule has 0 aliphatic rings. The number of aryl methyl sites for hydroxylation is 2. The van der Waals surface area contributed by atoms with E-state index in [2.05, 4.69) is 20.6 Å². The zero-order valence-electron chi connectivity index (χ0n) is 12.3. The van der Waals surface area contributed by atoms with E-state index < -0.39 is 0 Å². The van der Waals surface area contributed by atoms with Crippen LogP contribution in [0.3, 0.4) is 0 Å². The van der Waals surface area contributed by atoms with Crippen molar-refractivity contribution >= 4 is 11.9 Å². The molecule has 0 radical (unpaired) electrons. The van der Waals surface area contributed by atoms with Crippen LogP contribution in [0.2, 0.25) is 0 Å². The number of hydrogen-bond acceptors (Lipinski definition) is 5. The highest BCUT2D eigenvalue weighted by atomic mass is 16.4. The largest absolute Gasteiger partial charge is 0.401 e. The minimum Gasteiger partial charge on any atom is -0.401 e. The third-order valence-corrected chi connectivity index (χ3v) is 3.16. The molecule has 0 bridgehead atoms. The smallest absolute Gasteiger partial charge is 0.322 e. The average molecular weight is 297 g/mol. The molecular formula is C15H15N5O2. The first-order chi connectivity index (χ1) is 10.6. The van der Waals surface area contributed by atoms with E-state index in [1.54, 1.807) is 24.0 Å². The Bertz CT molecular complexity index is 806. The van der Waals surface area contributed by atoms with Gasteiger partial charge in [-0.05, 0) is 18.6 Å². The fraction of sp³-hybridized carbons (Fsp3) is 0.200. The molecule has 0 unspecified atom stereocenters. The van der Waals surface area contributed by atoms with E-state index in [0.29, 0.717) is 11.6 Å². The van der Waals surface area contributed by atoms with Crippen LogP contribution in [0.1, 0.15) is 11.1 Å². The lowest BCUT2D eigenvalue weighted by atomic mass is 10.1. The molecule has 2 aromatic heterocycles. The van der Waals surface area contributed by atoms with Crippen molar-refractivity contribution < 1.29 is 9.21 Å². The molecule has 22 heavy (non-hydrogen) atoms. The number of rotatable bonds is 4. The van der Waals surface area contributed by atoms with Gasteiger partial charge in [-0.15, -0.1) is 5.10 Å². The Morgan fingerprint density at radius 2 is 2.18 bits per heavy atom. The zero-order chi connectivity index (χ0) is 15.5. The van der Waals surface area contributed by atoms with Crippen LogP contribution >= 0.6 is 0 Å². The number of carbonyl (C=O) groups is 1. The van der Waals surface area contributed by atoms with Crippen molar-refractivity contribution in [2.45, 2.75) is 13.3 Å². The predicted molar refractivity (Wildman–Crippen MR) is 80.0 cm³/mol. The minimum absolute atomic E-state index is 0.0776. The monoisotopic (exact) mass is 297 g/mol. The highest BCUT2D eigenvalue weighted by Crippen LogP contribution is 2.18. The second-order valence-electron chi connectivity index (χ2n) is 4.97. The highest BCUT2D eigenvalue weighted by molar-refractivity contribution is 5.90. The molecule has 2 heterocycles. The number of aromatic nitrogens is 4. The molecule has 7 heteroatoms. The topological polar surface area (TPSA) is 85.8 Å². The normalized spacial score (nSPS) is 10.6. The number of anilines is 1. The molecule has 0 aliphatic heterocycles. The lowest BCUT2D eigenvalue weighted by Gasteiger charge is -2.02. The van der Waals surface area contributed by atoms with Gasteiger partial charge in [-0.3, -0.25) is 14.8 Å². The van der Waals surface area contributed by atoms with Crippen molar-refractivity contribution in [2.75, 3.05) is 5.32 Å². The summed E-state index contributed by atoms with van der Waals surface area (Å²) >= 11 is 0. The molecule has 1 N–H and O–H groups in total. The summed E-state index contributed by atoms with van der Waals surface area (Å²) < 4.78 is 7.04. The number of nitrogens with one attached hydrogen (secondary N) is 1. The van der Waals surface area contributed by atoms with Crippen molar-refractivity contribution in [2.24, 2.45) is 7.05 Å². The lowest BCUT2D eigenvalue weighted by molar-refractivity contribution is -0.115. The van der Waals surface area contributed by atoms with Gasteiger partial charge in [0.2, 0.25) is 5.91 Å². The molecule has 112 valence electrons. The molecule has 0 aliphatic carbocycles. The van der Waals surface area contributed by atoms with Crippen molar-refractivity contribution in [3.63, 3.8) is 0 Å². The quantitative estimate of drug-likeness (QED) is 0.795. The zero-order valence-corrected chi connectivity index (χ0v) is 12.3. The highest BCUT2D eigenvalue weighted by Gasteiger charge is 2.13. The summed E-state index contributed by atoms with van der Waals surface area (Å²) in [5, 5.41) is 14.4. The van der Waals surface area contributed by atoms with E-state index in [1.807, 2.05) is 31.2 Å². The van der Waals surface area contributed by atoms with E-state index in [4.69, 9.17) is 4.42 Å². The van der Waals surface area contributed by atoms with Crippen molar-refractivity contribution in [3.05, 3.63) is 47.7 Å². The van der Waals surface area contributed by atoms with Gasteiger partial charge < -0.3 is 4.42 Å². The van der Waals surface area contributed by atoms with Gasteiger partial charge in [0.05, 0.1) is 6.42 Å². The molecule has 1 amide bonds. The lowest BCUT2D eigenvalue weighted by Crippen LogP contribution is -2.14. The fourth-order valence-electron chi connectivity index (χ4n) is 2.13. The summed E-state index contributed by atoms with van der Waals surface area (Å²) in [5.74, 6) is 0.108.